The van der Waals surface area contributed by atoms with Gasteiger partial charge in [0.1, 0.15) is 11.3 Å². The topological polar surface area (TPSA) is 117 Å². The summed E-state index contributed by atoms with van der Waals surface area (Å²) in [4.78, 5) is 12.6. The zero-order valence-electron chi connectivity index (χ0n) is 19.2. The summed E-state index contributed by atoms with van der Waals surface area (Å²) in [7, 11) is 1.83. The van der Waals surface area contributed by atoms with Crippen LogP contribution in [0.15, 0.2) is 30.7 Å². The Bertz CT molecular complexity index is 1300. The summed E-state index contributed by atoms with van der Waals surface area (Å²) in [6.45, 7) is 5.40. The molecule has 11 heteroatoms. The van der Waals surface area contributed by atoms with Crippen LogP contribution in [0.25, 0.3) is 33.7 Å². The van der Waals surface area contributed by atoms with E-state index in [1.807, 2.05) is 37.7 Å². The lowest BCUT2D eigenvalue weighted by molar-refractivity contribution is -0.00535. The van der Waals surface area contributed by atoms with E-state index in [0.717, 1.165) is 25.0 Å². The molecule has 1 aromatic carbocycles. The van der Waals surface area contributed by atoms with Crippen LogP contribution in [0.2, 0.25) is 5.02 Å². The van der Waals surface area contributed by atoms with E-state index in [1.165, 1.54) is 12.3 Å². The van der Waals surface area contributed by atoms with E-state index in [9.17, 15) is 4.39 Å². The lowest BCUT2D eigenvalue weighted by atomic mass is 10.1. The maximum Gasteiger partial charge on any atom is 0.220 e. The van der Waals surface area contributed by atoms with Crippen LogP contribution >= 0.6 is 11.6 Å². The Labute approximate surface area is 201 Å². The first-order valence-electron chi connectivity index (χ1n) is 11.0. The molecular weight excluding hydrogens is 461 g/mol. The van der Waals surface area contributed by atoms with Gasteiger partial charge in [-0.1, -0.05) is 11.6 Å². The van der Waals surface area contributed by atoms with Crippen molar-refractivity contribution in [1.29, 1.82) is 0 Å². The number of benzene rings is 1. The van der Waals surface area contributed by atoms with Gasteiger partial charge in [0.25, 0.3) is 0 Å². The van der Waals surface area contributed by atoms with Crippen LogP contribution in [0, 0.1) is 5.82 Å². The second-order valence-corrected chi connectivity index (χ2v) is 8.83. The van der Waals surface area contributed by atoms with Crippen molar-refractivity contribution in [2.45, 2.75) is 38.8 Å². The number of nitrogens with two attached hydrogens (primary N) is 1. The van der Waals surface area contributed by atoms with Crippen LogP contribution in [0.5, 0.6) is 0 Å². The van der Waals surface area contributed by atoms with Gasteiger partial charge in [0.2, 0.25) is 5.95 Å². The lowest BCUT2D eigenvalue weighted by Crippen LogP contribution is -2.21. The van der Waals surface area contributed by atoms with Crippen molar-refractivity contribution in [1.82, 2.24) is 29.3 Å². The molecule has 1 fully saturated rings. The first-order chi connectivity index (χ1) is 16.2. The Morgan fingerprint density at radius 1 is 1.24 bits per heavy atom. The number of fused-ring (bicyclic) bond motifs is 1. The highest BCUT2D eigenvalue weighted by Gasteiger charge is 2.21. The highest BCUT2D eigenvalue weighted by molar-refractivity contribution is 6.33. The molecule has 9 nitrogen and oxygen atoms in total. The van der Waals surface area contributed by atoms with Crippen LogP contribution in [-0.4, -0.2) is 53.7 Å². The molecule has 0 spiro atoms. The molecule has 0 saturated carbocycles. The molecule has 0 amide bonds. The van der Waals surface area contributed by atoms with Crippen molar-refractivity contribution < 1.29 is 14.2 Å². The first-order valence-corrected chi connectivity index (χ1v) is 11.4. The van der Waals surface area contributed by atoms with Crippen molar-refractivity contribution in [2.24, 2.45) is 7.05 Å². The Morgan fingerprint density at radius 2 is 2.03 bits per heavy atom. The number of aromatic nitrogens is 6. The Kier molecular flexibility index (Phi) is 7.11. The van der Waals surface area contributed by atoms with E-state index in [1.54, 1.807) is 10.9 Å². The molecule has 0 bridgehead atoms. The molecule has 1 atom stereocenters. The number of halogens is 2. The smallest absolute Gasteiger partial charge is 0.220 e. The Balaban J connectivity index is 0.000000336. The van der Waals surface area contributed by atoms with Crippen LogP contribution in [0.4, 0.5) is 10.3 Å². The van der Waals surface area contributed by atoms with Gasteiger partial charge in [-0.2, -0.15) is 5.10 Å². The van der Waals surface area contributed by atoms with E-state index in [-0.39, 0.29) is 23.6 Å². The van der Waals surface area contributed by atoms with E-state index < -0.39 is 5.82 Å². The molecule has 1 aliphatic heterocycles. The molecule has 180 valence electrons. The highest BCUT2D eigenvalue weighted by Crippen LogP contribution is 2.34. The summed E-state index contributed by atoms with van der Waals surface area (Å²) >= 11 is 6.20. The number of aliphatic hydroxyl groups excluding tert-OH is 1. The monoisotopic (exact) mass is 487 g/mol. The SMILES string of the molecule is CC(C)n1c(-c2cnn(C)c2)nc2c(F)cc(-c3nc(N)ncc3Cl)cc21.OC1CCCOC1. The van der Waals surface area contributed by atoms with Crippen LogP contribution in [-0.2, 0) is 11.8 Å². The predicted molar refractivity (Wildman–Crippen MR) is 129 cm³/mol. The minimum atomic E-state index is -0.458. The number of nitrogens with zero attached hydrogens (tertiary/aromatic N) is 6. The first kappa shape index (κ1) is 24.1. The maximum atomic E-state index is 14.9. The van der Waals surface area contributed by atoms with Gasteiger partial charge < -0.3 is 20.1 Å². The second-order valence-electron chi connectivity index (χ2n) is 8.42. The highest BCUT2D eigenvalue weighted by atomic mass is 35.5. The van der Waals surface area contributed by atoms with E-state index >= 15 is 0 Å². The molecule has 5 rings (SSSR count). The lowest BCUT2D eigenvalue weighted by Gasteiger charge is -2.15. The van der Waals surface area contributed by atoms with Gasteiger partial charge in [-0.25, -0.2) is 19.3 Å². The number of hydrogen-bond donors (Lipinski definition) is 2. The number of imidazole rings is 1. The van der Waals surface area contributed by atoms with Gasteiger partial charge in [-0.15, -0.1) is 0 Å². The summed E-state index contributed by atoms with van der Waals surface area (Å²) in [5.41, 5.74) is 8.31. The largest absolute Gasteiger partial charge is 0.391 e. The van der Waals surface area contributed by atoms with Crippen LogP contribution < -0.4 is 5.73 Å². The van der Waals surface area contributed by atoms with Gasteiger partial charge in [0, 0.05) is 31.5 Å². The molecule has 1 unspecified atom stereocenters. The molecule has 1 saturated heterocycles. The standard InChI is InChI=1S/C18H17ClFN7.C5H10O2/c1-9(2)27-14-5-10(15-12(19)7-22-18(21)25-15)4-13(20)16(14)24-17(27)11-6-23-26(3)8-11;6-5-2-1-3-7-4-5/h4-9H,1-3H3,(H2,21,22,25);5-6H,1-4H2. The molecule has 34 heavy (non-hydrogen) atoms. The van der Waals surface area contributed by atoms with Crippen molar-refractivity contribution >= 4 is 28.6 Å². The van der Waals surface area contributed by atoms with Gasteiger partial charge in [-0.3, -0.25) is 4.68 Å². The van der Waals surface area contributed by atoms with E-state index in [2.05, 4.69) is 20.1 Å². The molecule has 4 aromatic rings. The number of aliphatic hydroxyl groups is 1. The number of anilines is 1. The summed E-state index contributed by atoms with van der Waals surface area (Å²) in [6.07, 6.45) is 6.71. The molecule has 4 heterocycles. The molecule has 3 N–H and O–H groups in total. The zero-order valence-corrected chi connectivity index (χ0v) is 20.0. The molecule has 0 radical (unpaired) electrons. The predicted octanol–water partition coefficient (Wildman–Crippen LogP) is 4.01. The van der Waals surface area contributed by atoms with Crippen molar-refractivity contribution in [2.75, 3.05) is 18.9 Å². The third-order valence-electron chi connectivity index (χ3n) is 5.40. The normalized spacial score (nSPS) is 16.0. The average molecular weight is 488 g/mol. The Morgan fingerprint density at radius 3 is 2.62 bits per heavy atom. The zero-order chi connectivity index (χ0) is 24.4. The molecule has 0 aliphatic carbocycles. The van der Waals surface area contributed by atoms with Crippen molar-refractivity contribution in [3.8, 4) is 22.6 Å². The van der Waals surface area contributed by atoms with Gasteiger partial charge in [0.15, 0.2) is 5.82 Å². The number of aryl methyl sites for hydroxylation is 1. The number of ether oxygens (including phenoxy) is 1. The van der Waals surface area contributed by atoms with Crippen LogP contribution in [0.1, 0.15) is 32.7 Å². The Hall–Kier alpha value is -3.08. The quantitative estimate of drug-likeness (QED) is 0.448. The van der Waals surface area contributed by atoms with Gasteiger partial charge in [0.05, 0.1) is 46.9 Å². The van der Waals surface area contributed by atoms with Gasteiger partial charge >= 0.3 is 0 Å². The fourth-order valence-electron chi connectivity index (χ4n) is 3.86. The van der Waals surface area contributed by atoms with E-state index in [0.29, 0.717) is 34.2 Å². The van der Waals surface area contributed by atoms with E-state index in [4.69, 9.17) is 27.2 Å². The molecule has 3 aromatic heterocycles. The van der Waals surface area contributed by atoms with Gasteiger partial charge in [-0.05, 0) is 38.8 Å². The molecule has 1 aliphatic rings. The maximum absolute atomic E-state index is 14.9. The fraction of sp³-hybridized carbons (Fsp3) is 0.391. The second kappa shape index (κ2) is 10.0. The third-order valence-corrected chi connectivity index (χ3v) is 5.68. The summed E-state index contributed by atoms with van der Waals surface area (Å²) in [5.74, 6) is 0.265. The average Bonchev–Trinajstić information content (AvgIpc) is 3.40. The van der Waals surface area contributed by atoms with Crippen LogP contribution in [0.3, 0.4) is 0 Å². The summed E-state index contributed by atoms with van der Waals surface area (Å²) < 4.78 is 23.5. The number of hydrogen-bond acceptors (Lipinski definition) is 7. The van der Waals surface area contributed by atoms with Crippen molar-refractivity contribution in [3.05, 3.63) is 41.6 Å². The fourth-order valence-corrected chi connectivity index (χ4v) is 4.06. The molecular formula is C23H27ClFN7O2. The minimum Gasteiger partial charge on any atom is -0.391 e. The minimum absolute atomic E-state index is 0.0470. The summed E-state index contributed by atoms with van der Waals surface area (Å²) in [6, 6.07) is 3.23. The third kappa shape index (κ3) is 5.03. The summed E-state index contributed by atoms with van der Waals surface area (Å²) in [5, 5.41) is 13.3. The number of rotatable bonds is 3. The number of nitrogen functional groups attached to an aromatic ring is 1. The van der Waals surface area contributed by atoms with Crippen molar-refractivity contribution in [3.63, 3.8) is 0 Å².